The second-order valence-electron chi connectivity index (χ2n) is 6.35. The normalized spacial score (nSPS) is 10.4. The number of amides is 1. The van der Waals surface area contributed by atoms with Crippen molar-refractivity contribution in [3.05, 3.63) is 54.6 Å². The van der Waals surface area contributed by atoms with E-state index in [9.17, 15) is 4.79 Å². The molecule has 0 radical (unpaired) electrons. The lowest BCUT2D eigenvalue weighted by Gasteiger charge is -2.20. The van der Waals surface area contributed by atoms with Gasteiger partial charge in [0.1, 0.15) is 0 Å². The number of hydrogen-bond acceptors (Lipinski definition) is 5. The summed E-state index contributed by atoms with van der Waals surface area (Å²) < 4.78 is 16.0. The zero-order valence-electron chi connectivity index (χ0n) is 16.5. The monoisotopic (exact) mass is 380 g/mol. The van der Waals surface area contributed by atoms with Crippen molar-refractivity contribution < 1.29 is 19.0 Å². The zero-order valence-corrected chi connectivity index (χ0v) is 16.5. The maximum atomic E-state index is 12.5. The van der Waals surface area contributed by atoms with E-state index in [4.69, 9.17) is 14.2 Å². The third-order valence-corrected chi connectivity index (χ3v) is 4.50. The van der Waals surface area contributed by atoms with Crippen molar-refractivity contribution in [3.63, 3.8) is 0 Å². The first-order chi connectivity index (χ1) is 13.5. The summed E-state index contributed by atoms with van der Waals surface area (Å²) >= 11 is 0. The molecule has 0 unspecified atom stereocenters. The van der Waals surface area contributed by atoms with Gasteiger partial charge < -0.3 is 24.4 Å². The third kappa shape index (κ3) is 4.11. The molecule has 0 aliphatic rings. The molecule has 3 rings (SSSR count). The molecule has 3 aromatic carbocycles. The number of nitrogens with zero attached hydrogens (tertiary/aromatic N) is 1. The molecule has 0 fully saturated rings. The van der Waals surface area contributed by atoms with Gasteiger partial charge in [-0.1, -0.05) is 30.3 Å². The van der Waals surface area contributed by atoms with Gasteiger partial charge in [-0.25, -0.2) is 0 Å². The van der Waals surface area contributed by atoms with Crippen LogP contribution in [0.25, 0.3) is 10.8 Å². The summed E-state index contributed by atoms with van der Waals surface area (Å²) in [6.45, 7) is 0.203. The number of anilines is 2. The minimum Gasteiger partial charge on any atom is -0.493 e. The van der Waals surface area contributed by atoms with Gasteiger partial charge in [0.05, 0.1) is 27.9 Å². The predicted octanol–water partition coefficient (Wildman–Crippen LogP) is 3.94. The van der Waals surface area contributed by atoms with Crippen LogP contribution in [-0.2, 0) is 4.79 Å². The zero-order chi connectivity index (χ0) is 20.1. The summed E-state index contributed by atoms with van der Waals surface area (Å²) in [5, 5.41) is 5.19. The molecule has 0 bridgehead atoms. The first kappa shape index (κ1) is 19.4. The third-order valence-electron chi connectivity index (χ3n) is 4.50. The van der Waals surface area contributed by atoms with Crippen LogP contribution >= 0.6 is 0 Å². The number of carbonyl (C=O) groups excluding carboxylic acids is 1. The standard InChI is InChI=1S/C22H24N2O4/c1-24(18-10-9-15-7-5-6-8-16(15)11-18)14-21(25)23-17-12-19(26-2)22(28-4)20(13-17)27-3/h5-13H,14H2,1-4H3,(H,23,25). The minimum absolute atomic E-state index is 0.148. The molecule has 0 atom stereocenters. The smallest absolute Gasteiger partial charge is 0.243 e. The molecule has 0 aromatic heterocycles. The summed E-state index contributed by atoms with van der Waals surface area (Å²) in [5.41, 5.74) is 1.55. The van der Waals surface area contributed by atoms with E-state index in [1.165, 1.54) is 26.7 Å². The molecule has 0 heterocycles. The van der Waals surface area contributed by atoms with Crippen LogP contribution in [0.5, 0.6) is 17.2 Å². The molecule has 0 saturated carbocycles. The van der Waals surface area contributed by atoms with Crippen LogP contribution in [0, 0.1) is 0 Å². The number of benzene rings is 3. The van der Waals surface area contributed by atoms with Crippen LogP contribution in [0.1, 0.15) is 0 Å². The fourth-order valence-corrected chi connectivity index (χ4v) is 3.07. The van der Waals surface area contributed by atoms with Gasteiger partial charge in [0, 0.05) is 30.6 Å². The predicted molar refractivity (Wildman–Crippen MR) is 112 cm³/mol. The Balaban J connectivity index is 1.74. The SMILES string of the molecule is COc1cc(NC(=O)CN(C)c2ccc3ccccc3c2)cc(OC)c1OC. The highest BCUT2D eigenvalue weighted by Gasteiger charge is 2.15. The highest BCUT2D eigenvalue weighted by atomic mass is 16.5. The number of nitrogens with one attached hydrogen (secondary N) is 1. The van der Waals surface area contributed by atoms with Crippen molar-refractivity contribution in [2.45, 2.75) is 0 Å². The molecule has 146 valence electrons. The van der Waals surface area contributed by atoms with Crippen LogP contribution in [-0.4, -0.2) is 40.8 Å². The van der Waals surface area contributed by atoms with E-state index in [1.54, 1.807) is 12.1 Å². The minimum atomic E-state index is -0.148. The molecule has 0 aliphatic heterocycles. The van der Waals surface area contributed by atoms with Crippen molar-refractivity contribution in [2.24, 2.45) is 0 Å². The van der Waals surface area contributed by atoms with Crippen LogP contribution < -0.4 is 24.4 Å². The Hall–Kier alpha value is -3.41. The van der Waals surface area contributed by atoms with Gasteiger partial charge in [-0.05, 0) is 22.9 Å². The highest BCUT2D eigenvalue weighted by Crippen LogP contribution is 2.39. The van der Waals surface area contributed by atoms with Gasteiger partial charge in [-0.15, -0.1) is 0 Å². The number of carbonyl (C=O) groups is 1. The molecule has 3 aromatic rings. The summed E-state index contributed by atoms with van der Waals surface area (Å²) in [4.78, 5) is 14.5. The van der Waals surface area contributed by atoms with Gasteiger partial charge in [-0.2, -0.15) is 0 Å². The van der Waals surface area contributed by atoms with E-state index in [0.717, 1.165) is 11.1 Å². The van der Waals surface area contributed by atoms with Gasteiger partial charge in [0.15, 0.2) is 11.5 Å². The number of rotatable bonds is 7. The van der Waals surface area contributed by atoms with E-state index in [1.807, 2.05) is 30.1 Å². The quantitative estimate of drug-likeness (QED) is 0.673. The Labute approximate surface area is 164 Å². The molecular weight excluding hydrogens is 356 g/mol. The maximum Gasteiger partial charge on any atom is 0.243 e. The number of ether oxygens (including phenoxy) is 3. The van der Waals surface area contributed by atoms with Crippen molar-refractivity contribution in [1.29, 1.82) is 0 Å². The summed E-state index contributed by atoms with van der Waals surface area (Å²) in [7, 11) is 6.50. The number of methoxy groups -OCH3 is 3. The second-order valence-corrected chi connectivity index (χ2v) is 6.35. The topological polar surface area (TPSA) is 60.0 Å². The fraction of sp³-hybridized carbons (Fsp3) is 0.227. The van der Waals surface area contributed by atoms with Crippen molar-refractivity contribution in [3.8, 4) is 17.2 Å². The molecule has 0 aliphatic carbocycles. The Bertz CT molecular complexity index is 962. The largest absolute Gasteiger partial charge is 0.493 e. The second kappa shape index (κ2) is 8.52. The van der Waals surface area contributed by atoms with Crippen LogP contribution in [0.4, 0.5) is 11.4 Å². The average molecular weight is 380 g/mol. The molecule has 0 spiro atoms. The van der Waals surface area contributed by atoms with E-state index in [2.05, 4.69) is 29.6 Å². The van der Waals surface area contributed by atoms with Crippen LogP contribution in [0.2, 0.25) is 0 Å². The van der Waals surface area contributed by atoms with Gasteiger partial charge in [0.25, 0.3) is 0 Å². The lowest BCUT2D eigenvalue weighted by Crippen LogP contribution is -2.30. The number of fused-ring (bicyclic) bond motifs is 1. The Kier molecular flexibility index (Phi) is 5.89. The molecule has 28 heavy (non-hydrogen) atoms. The molecule has 6 heteroatoms. The van der Waals surface area contributed by atoms with Gasteiger partial charge in [0.2, 0.25) is 11.7 Å². The fourth-order valence-electron chi connectivity index (χ4n) is 3.07. The summed E-state index contributed by atoms with van der Waals surface area (Å²) in [5.74, 6) is 1.31. The van der Waals surface area contributed by atoms with Gasteiger partial charge >= 0.3 is 0 Å². The van der Waals surface area contributed by atoms with Crippen molar-refractivity contribution in [1.82, 2.24) is 0 Å². The highest BCUT2D eigenvalue weighted by molar-refractivity contribution is 5.95. The summed E-state index contributed by atoms with van der Waals surface area (Å²) in [6, 6.07) is 17.7. The molecular formula is C22H24N2O4. The molecule has 6 nitrogen and oxygen atoms in total. The molecule has 0 saturated heterocycles. The Morgan fingerprint density at radius 2 is 1.54 bits per heavy atom. The van der Waals surface area contributed by atoms with Crippen LogP contribution in [0.3, 0.4) is 0 Å². The lowest BCUT2D eigenvalue weighted by molar-refractivity contribution is -0.114. The van der Waals surface area contributed by atoms with E-state index in [-0.39, 0.29) is 12.5 Å². The number of hydrogen-bond donors (Lipinski definition) is 1. The first-order valence-electron chi connectivity index (χ1n) is 8.85. The van der Waals surface area contributed by atoms with E-state index in [0.29, 0.717) is 22.9 Å². The Morgan fingerprint density at radius 1 is 0.893 bits per heavy atom. The Morgan fingerprint density at radius 3 is 2.14 bits per heavy atom. The van der Waals surface area contributed by atoms with E-state index >= 15 is 0 Å². The molecule has 1 N–H and O–H groups in total. The average Bonchev–Trinajstić information content (AvgIpc) is 2.72. The summed E-state index contributed by atoms with van der Waals surface area (Å²) in [6.07, 6.45) is 0. The van der Waals surface area contributed by atoms with Gasteiger partial charge in [-0.3, -0.25) is 4.79 Å². The van der Waals surface area contributed by atoms with Crippen LogP contribution in [0.15, 0.2) is 54.6 Å². The lowest BCUT2D eigenvalue weighted by atomic mass is 10.1. The van der Waals surface area contributed by atoms with Crippen molar-refractivity contribution in [2.75, 3.05) is 45.1 Å². The number of likely N-dealkylation sites (N-methyl/N-ethyl adjacent to an activating group) is 1. The molecule has 1 amide bonds. The van der Waals surface area contributed by atoms with Crippen molar-refractivity contribution >= 4 is 28.1 Å². The first-order valence-corrected chi connectivity index (χ1v) is 8.85. The van der Waals surface area contributed by atoms with E-state index < -0.39 is 0 Å². The maximum absolute atomic E-state index is 12.5.